The molecule has 5 rings (SSSR count). The number of rotatable bonds is 5. The number of alkyl halides is 3. The number of hydrogen-bond acceptors (Lipinski definition) is 7. The third-order valence-electron chi connectivity index (χ3n) is 7.11. The number of nitrogens with one attached hydrogen (secondary N) is 1. The second-order valence-corrected chi connectivity index (χ2v) is 10.3. The number of nitrogens with zero attached hydrogens (tertiary/aromatic N) is 5. The van der Waals surface area contributed by atoms with Crippen molar-refractivity contribution in [2.45, 2.75) is 51.4 Å². The fraction of sp³-hybridized carbons (Fsp3) is 0.583. The van der Waals surface area contributed by atoms with Gasteiger partial charge in [-0.15, -0.1) is 5.10 Å². The molecule has 2 aliphatic carbocycles. The highest BCUT2D eigenvalue weighted by atomic mass is 35.5. The van der Waals surface area contributed by atoms with Gasteiger partial charge in [-0.05, 0) is 42.2 Å². The van der Waals surface area contributed by atoms with Crippen molar-refractivity contribution < 1.29 is 17.9 Å². The summed E-state index contributed by atoms with van der Waals surface area (Å²) in [6.07, 6.45) is 3.28. The van der Waals surface area contributed by atoms with Crippen LogP contribution in [0.4, 0.5) is 18.9 Å². The Labute approximate surface area is 207 Å². The van der Waals surface area contributed by atoms with Crippen LogP contribution in [0.5, 0.6) is 0 Å². The Morgan fingerprint density at radius 1 is 1.20 bits per heavy atom. The van der Waals surface area contributed by atoms with Crippen LogP contribution in [-0.4, -0.2) is 59.8 Å². The molecule has 0 spiro atoms. The van der Waals surface area contributed by atoms with Crippen LogP contribution in [0.1, 0.15) is 33.1 Å². The number of piperidine rings is 1. The van der Waals surface area contributed by atoms with E-state index in [2.05, 4.69) is 20.4 Å². The lowest BCUT2D eigenvalue weighted by Crippen LogP contribution is -2.52. The Bertz CT molecular complexity index is 1080. The number of aromatic nitrogens is 2. The van der Waals surface area contributed by atoms with E-state index in [1.165, 1.54) is 0 Å². The van der Waals surface area contributed by atoms with E-state index in [-0.39, 0.29) is 30.2 Å². The largest absolute Gasteiger partial charge is 0.488 e. The van der Waals surface area contributed by atoms with E-state index >= 15 is 0 Å². The Morgan fingerprint density at radius 3 is 2.60 bits per heavy atom. The zero-order valence-corrected chi connectivity index (χ0v) is 20.4. The van der Waals surface area contributed by atoms with E-state index in [0.29, 0.717) is 22.9 Å². The summed E-state index contributed by atoms with van der Waals surface area (Å²) >= 11 is 6.04. The van der Waals surface area contributed by atoms with Crippen LogP contribution in [0.25, 0.3) is 0 Å². The predicted molar refractivity (Wildman–Crippen MR) is 129 cm³/mol. The second-order valence-electron chi connectivity index (χ2n) is 9.89. The summed E-state index contributed by atoms with van der Waals surface area (Å²) in [6.45, 7) is 4.53. The van der Waals surface area contributed by atoms with Crippen molar-refractivity contribution in [2.75, 3.05) is 24.6 Å². The summed E-state index contributed by atoms with van der Waals surface area (Å²) in [5.74, 6) is 1.83. The van der Waals surface area contributed by atoms with Crippen LogP contribution >= 0.6 is 11.6 Å². The lowest BCUT2D eigenvalue weighted by atomic mass is 9.92. The van der Waals surface area contributed by atoms with Gasteiger partial charge in [0.05, 0.1) is 23.4 Å². The quantitative estimate of drug-likeness (QED) is 0.631. The monoisotopic (exact) mass is 508 g/mol. The Balaban J connectivity index is 1.29. The average molecular weight is 509 g/mol. The molecule has 2 fully saturated rings. The summed E-state index contributed by atoms with van der Waals surface area (Å²) in [7, 11) is 0. The maximum atomic E-state index is 12.7. The van der Waals surface area contributed by atoms with Gasteiger partial charge in [-0.3, -0.25) is 0 Å². The first kappa shape index (κ1) is 24.1. The molecule has 188 valence electrons. The highest BCUT2D eigenvalue weighted by Gasteiger charge is 2.43. The number of fused-ring (bicyclic) bond motifs is 3. The van der Waals surface area contributed by atoms with E-state index in [0.717, 1.165) is 42.9 Å². The molecule has 7 nitrogen and oxygen atoms in total. The van der Waals surface area contributed by atoms with E-state index in [1.54, 1.807) is 12.3 Å². The van der Waals surface area contributed by atoms with Gasteiger partial charge >= 0.3 is 6.18 Å². The maximum absolute atomic E-state index is 12.7. The van der Waals surface area contributed by atoms with Gasteiger partial charge in [-0.2, -0.15) is 18.3 Å². The maximum Gasteiger partial charge on any atom is 0.422 e. The summed E-state index contributed by atoms with van der Waals surface area (Å²) in [4.78, 5) is 11.9. The molecule has 0 aromatic carbocycles. The average Bonchev–Trinajstić information content (AvgIpc) is 3.19. The van der Waals surface area contributed by atoms with Crippen LogP contribution in [0.3, 0.4) is 0 Å². The predicted octanol–water partition coefficient (Wildman–Crippen LogP) is 4.56. The Hall–Kier alpha value is -2.62. The normalized spacial score (nSPS) is 28.1. The zero-order chi connectivity index (χ0) is 24.7. The molecule has 1 saturated carbocycles. The first-order valence-corrected chi connectivity index (χ1v) is 12.3. The zero-order valence-electron chi connectivity index (χ0n) is 19.6. The molecule has 3 heterocycles. The molecular weight excluding hydrogens is 481 g/mol. The number of ether oxygens (including phenoxy) is 1. The van der Waals surface area contributed by atoms with Crippen LogP contribution in [0, 0.1) is 17.8 Å². The third kappa shape index (κ3) is 5.32. The van der Waals surface area contributed by atoms with Gasteiger partial charge in [0, 0.05) is 31.6 Å². The first-order valence-electron chi connectivity index (χ1n) is 11.9. The van der Waals surface area contributed by atoms with Crippen LogP contribution < -0.4 is 10.2 Å². The molecule has 0 radical (unpaired) electrons. The lowest BCUT2D eigenvalue weighted by Gasteiger charge is -2.39. The third-order valence-corrected chi connectivity index (χ3v) is 7.29. The highest BCUT2D eigenvalue weighted by molar-refractivity contribution is 6.29. The number of hydrogen-bond donors (Lipinski definition) is 1. The van der Waals surface area contributed by atoms with Crippen molar-refractivity contribution in [2.24, 2.45) is 27.7 Å². The minimum Gasteiger partial charge on any atom is -0.488 e. The summed E-state index contributed by atoms with van der Waals surface area (Å²) in [5.41, 5.74) is 2.76. The minimum atomic E-state index is -4.38. The van der Waals surface area contributed by atoms with E-state index in [1.807, 2.05) is 26.0 Å². The van der Waals surface area contributed by atoms with Crippen LogP contribution in [0.2, 0.25) is 5.15 Å². The molecule has 1 N–H and O–H groups in total. The molecule has 4 atom stereocenters. The van der Waals surface area contributed by atoms with Crippen molar-refractivity contribution >= 4 is 29.0 Å². The molecule has 11 heteroatoms. The fourth-order valence-corrected chi connectivity index (χ4v) is 5.67. The van der Waals surface area contributed by atoms with Gasteiger partial charge in [-0.25, -0.2) is 9.98 Å². The molecule has 1 aromatic heterocycles. The highest BCUT2D eigenvalue weighted by Crippen LogP contribution is 2.39. The van der Waals surface area contributed by atoms with E-state index < -0.39 is 12.8 Å². The van der Waals surface area contributed by atoms with Crippen molar-refractivity contribution in [3.8, 4) is 0 Å². The molecule has 0 amide bonds. The molecule has 1 unspecified atom stereocenters. The lowest BCUT2D eigenvalue weighted by molar-refractivity contribution is -0.165. The number of aliphatic imine (C=N–C) groups is 2. The topological polar surface area (TPSA) is 75.0 Å². The molecule has 1 aromatic rings. The van der Waals surface area contributed by atoms with Gasteiger partial charge in [0.25, 0.3) is 0 Å². The first-order chi connectivity index (χ1) is 16.7. The molecule has 4 aliphatic rings. The van der Waals surface area contributed by atoms with Crippen molar-refractivity contribution in [3.63, 3.8) is 0 Å². The van der Waals surface area contributed by atoms with Crippen molar-refractivity contribution in [3.05, 3.63) is 40.9 Å². The number of guanidine groups is 1. The van der Waals surface area contributed by atoms with Gasteiger partial charge in [-0.1, -0.05) is 31.5 Å². The smallest absolute Gasteiger partial charge is 0.422 e. The van der Waals surface area contributed by atoms with Crippen LogP contribution in [-0.2, 0) is 4.74 Å². The minimum absolute atomic E-state index is 0.157. The standard InChI is InChI=1S/C24H28ClF3N6O/c1-13(2)18-6-5-17(35-12-24(26,27)28)8-19-22(18)32-23(30-19)31-21-14-3-4-15(21)11-34(10-14)16-7-20(25)33-29-9-16/h5-7,9,13-15,19,21H,3-4,8,10-12H2,1-2H3,(H,30,31)/t14-,15+,19?,21-. The Morgan fingerprint density at radius 2 is 1.94 bits per heavy atom. The summed E-state index contributed by atoms with van der Waals surface area (Å²) in [5, 5.41) is 11.8. The van der Waals surface area contributed by atoms with Gasteiger partial charge in [0.2, 0.25) is 5.96 Å². The molecule has 2 aliphatic heterocycles. The van der Waals surface area contributed by atoms with E-state index in [9.17, 15) is 13.2 Å². The van der Waals surface area contributed by atoms with Crippen molar-refractivity contribution in [1.29, 1.82) is 0 Å². The Kier molecular flexibility index (Phi) is 6.50. The molecule has 2 bridgehead atoms. The van der Waals surface area contributed by atoms with Gasteiger partial charge < -0.3 is 15.0 Å². The van der Waals surface area contributed by atoms with E-state index in [4.69, 9.17) is 26.3 Å². The van der Waals surface area contributed by atoms with Gasteiger partial charge in [0.15, 0.2) is 11.8 Å². The number of allylic oxidation sites excluding steroid dienone is 2. The second kappa shape index (κ2) is 9.44. The van der Waals surface area contributed by atoms with Crippen LogP contribution in [0.15, 0.2) is 45.7 Å². The van der Waals surface area contributed by atoms with Crippen molar-refractivity contribution in [1.82, 2.24) is 15.5 Å². The summed E-state index contributed by atoms with van der Waals surface area (Å²) in [6, 6.07) is 1.73. The van der Waals surface area contributed by atoms with Gasteiger partial charge in [0.1, 0.15) is 6.04 Å². The SMILES string of the molecule is CC(C)C1=CC=C(OCC(F)(F)F)CC2N=C(N[C@@H]3[C@@H]4CC[C@H]3CN(c3cnnc(Cl)c3)C4)N=C12. The molecule has 1 saturated heterocycles. The number of anilines is 1. The molecular formula is C24H28ClF3N6O. The fourth-order valence-electron chi connectivity index (χ4n) is 5.51. The number of halogens is 4. The molecule has 35 heavy (non-hydrogen) atoms. The summed E-state index contributed by atoms with van der Waals surface area (Å²) < 4.78 is 43.2.